The molecule has 0 radical (unpaired) electrons. The Morgan fingerprint density at radius 3 is 2.32 bits per heavy atom. The number of carbonyl (C=O) groups is 2. The van der Waals surface area contributed by atoms with Gasteiger partial charge in [0.15, 0.2) is 0 Å². The van der Waals surface area contributed by atoms with Crippen molar-refractivity contribution in [3.8, 4) is 11.5 Å². The molecule has 2 aromatic rings. The third-order valence-corrected chi connectivity index (χ3v) is 5.39. The van der Waals surface area contributed by atoms with Crippen molar-refractivity contribution in [2.75, 3.05) is 27.0 Å². The first-order valence-corrected chi connectivity index (χ1v) is 12.2. The number of nitrogens with zero attached hydrogens (tertiary/aromatic N) is 1. The van der Waals surface area contributed by atoms with Gasteiger partial charge in [0.05, 0.1) is 12.6 Å². The first-order chi connectivity index (χ1) is 16.0. The van der Waals surface area contributed by atoms with E-state index < -0.39 is 23.8 Å². The SMILES string of the molecule is C=Cc1cc(OC(=O)N(C)C)ccc1[C@@H](CCOc1ccc(SC)cc1)NC(=O)OC(C)(C)C. The number of alkyl carbamates (subject to hydrolysis) is 1. The average molecular weight is 487 g/mol. The van der Waals surface area contributed by atoms with Crippen molar-refractivity contribution in [2.45, 2.75) is 43.7 Å². The van der Waals surface area contributed by atoms with E-state index in [2.05, 4.69) is 11.9 Å². The third kappa shape index (κ3) is 8.67. The first-order valence-electron chi connectivity index (χ1n) is 10.9. The second kappa shape index (κ2) is 12.4. The third-order valence-electron chi connectivity index (χ3n) is 4.65. The minimum atomic E-state index is -0.629. The Labute approximate surface area is 206 Å². The fraction of sp³-hybridized carbons (Fsp3) is 0.385. The summed E-state index contributed by atoms with van der Waals surface area (Å²) in [5, 5.41) is 2.94. The van der Waals surface area contributed by atoms with Gasteiger partial charge in [-0.3, -0.25) is 0 Å². The summed E-state index contributed by atoms with van der Waals surface area (Å²) in [6.07, 6.45) is 3.16. The Morgan fingerprint density at radius 2 is 1.76 bits per heavy atom. The van der Waals surface area contributed by atoms with Gasteiger partial charge in [0, 0.05) is 25.4 Å². The topological polar surface area (TPSA) is 77.1 Å². The lowest BCUT2D eigenvalue weighted by molar-refractivity contribution is 0.0497. The molecule has 2 aromatic carbocycles. The highest BCUT2D eigenvalue weighted by Crippen LogP contribution is 2.28. The molecule has 0 spiro atoms. The van der Waals surface area contributed by atoms with Crippen molar-refractivity contribution < 1.29 is 23.8 Å². The number of hydrogen-bond donors (Lipinski definition) is 1. The van der Waals surface area contributed by atoms with E-state index in [1.54, 1.807) is 44.1 Å². The van der Waals surface area contributed by atoms with E-state index in [1.807, 2.05) is 57.4 Å². The molecule has 0 bridgehead atoms. The van der Waals surface area contributed by atoms with E-state index in [1.165, 1.54) is 4.90 Å². The maximum atomic E-state index is 12.6. The number of thioether (sulfide) groups is 1. The zero-order valence-corrected chi connectivity index (χ0v) is 21.5. The molecular weight excluding hydrogens is 452 g/mol. The highest BCUT2D eigenvalue weighted by molar-refractivity contribution is 7.98. The van der Waals surface area contributed by atoms with Crippen LogP contribution in [0.1, 0.15) is 44.4 Å². The highest BCUT2D eigenvalue weighted by Gasteiger charge is 2.22. The van der Waals surface area contributed by atoms with E-state index in [-0.39, 0.29) is 0 Å². The van der Waals surface area contributed by atoms with Crippen LogP contribution in [0.3, 0.4) is 0 Å². The fourth-order valence-electron chi connectivity index (χ4n) is 3.02. The second-order valence-electron chi connectivity index (χ2n) is 8.77. The van der Waals surface area contributed by atoms with Crippen molar-refractivity contribution >= 4 is 30.0 Å². The van der Waals surface area contributed by atoms with E-state index in [4.69, 9.17) is 14.2 Å². The molecule has 2 amide bonds. The molecule has 1 N–H and O–H groups in total. The van der Waals surface area contributed by atoms with Gasteiger partial charge in [-0.1, -0.05) is 18.7 Å². The largest absolute Gasteiger partial charge is 0.494 e. The lowest BCUT2D eigenvalue weighted by Gasteiger charge is -2.25. The molecule has 0 saturated carbocycles. The number of rotatable bonds is 9. The predicted molar refractivity (Wildman–Crippen MR) is 137 cm³/mol. The molecular formula is C26H34N2O5S. The fourth-order valence-corrected chi connectivity index (χ4v) is 3.43. The van der Waals surface area contributed by atoms with E-state index in [0.29, 0.717) is 18.8 Å². The number of carbonyl (C=O) groups excluding carboxylic acids is 2. The maximum Gasteiger partial charge on any atom is 0.414 e. The molecule has 0 saturated heterocycles. The number of ether oxygens (including phenoxy) is 3. The lowest BCUT2D eigenvalue weighted by atomic mass is 9.97. The van der Waals surface area contributed by atoms with Crippen LogP contribution in [0.5, 0.6) is 11.5 Å². The normalized spacial score (nSPS) is 11.8. The molecule has 0 aliphatic carbocycles. The Hall–Kier alpha value is -3.13. The van der Waals surface area contributed by atoms with Crippen molar-refractivity contribution in [1.82, 2.24) is 10.2 Å². The van der Waals surface area contributed by atoms with Crippen LogP contribution in [-0.4, -0.2) is 49.6 Å². The van der Waals surface area contributed by atoms with Crippen LogP contribution in [-0.2, 0) is 4.74 Å². The molecule has 0 heterocycles. The molecule has 2 rings (SSSR count). The van der Waals surface area contributed by atoms with Gasteiger partial charge < -0.3 is 24.4 Å². The molecule has 1 atom stereocenters. The molecule has 8 heteroatoms. The Morgan fingerprint density at radius 1 is 1.12 bits per heavy atom. The molecule has 184 valence electrons. The minimum Gasteiger partial charge on any atom is -0.494 e. The molecule has 34 heavy (non-hydrogen) atoms. The van der Waals surface area contributed by atoms with Gasteiger partial charge in [-0.05, 0) is 74.6 Å². The smallest absolute Gasteiger partial charge is 0.414 e. The summed E-state index contributed by atoms with van der Waals surface area (Å²) in [4.78, 5) is 27.0. The average Bonchev–Trinajstić information content (AvgIpc) is 2.77. The molecule has 0 fully saturated rings. The van der Waals surface area contributed by atoms with Crippen LogP contribution in [0.15, 0.2) is 53.9 Å². The Bertz CT molecular complexity index is 984. The van der Waals surface area contributed by atoms with Crippen LogP contribution in [0.2, 0.25) is 0 Å². The minimum absolute atomic E-state index is 0.368. The summed E-state index contributed by atoms with van der Waals surface area (Å²) in [6.45, 7) is 9.69. The van der Waals surface area contributed by atoms with Gasteiger partial charge in [0.2, 0.25) is 0 Å². The number of benzene rings is 2. The van der Waals surface area contributed by atoms with Crippen molar-refractivity contribution in [1.29, 1.82) is 0 Å². The summed E-state index contributed by atoms with van der Waals surface area (Å²) in [5.74, 6) is 1.14. The van der Waals surface area contributed by atoms with Crippen LogP contribution in [0, 0.1) is 0 Å². The summed E-state index contributed by atoms with van der Waals surface area (Å²) in [7, 11) is 3.22. The van der Waals surface area contributed by atoms with Crippen molar-refractivity contribution in [2.24, 2.45) is 0 Å². The number of nitrogens with one attached hydrogen (secondary N) is 1. The van der Waals surface area contributed by atoms with E-state index >= 15 is 0 Å². The molecule has 0 aliphatic heterocycles. The van der Waals surface area contributed by atoms with Gasteiger partial charge >= 0.3 is 12.2 Å². The monoisotopic (exact) mass is 486 g/mol. The van der Waals surface area contributed by atoms with Gasteiger partial charge in [-0.15, -0.1) is 11.8 Å². The second-order valence-corrected chi connectivity index (χ2v) is 9.65. The van der Waals surface area contributed by atoms with Gasteiger partial charge in [0.25, 0.3) is 0 Å². The zero-order valence-electron chi connectivity index (χ0n) is 20.7. The molecule has 0 aromatic heterocycles. The van der Waals surface area contributed by atoms with Crippen LogP contribution in [0.25, 0.3) is 6.08 Å². The highest BCUT2D eigenvalue weighted by atomic mass is 32.2. The molecule has 7 nitrogen and oxygen atoms in total. The Kier molecular flexibility index (Phi) is 9.86. The zero-order chi connectivity index (χ0) is 25.3. The van der Waals surface area contributed by atoms with Gasteiger partial charge in [-0.2, -0.15) is 0 Å². The summed E-state index contributed by atoms with van der Waals surface area (Å²) < 4.78 is 16.7. The number of amides is 2. The summed E-state index contributed by atoms with van der Waals surface area (Å²) >= 11 is 1.66. The predicted octanol–water partition coefficient (Wildman–Crippen LogP) is 6.15. The standard InChI is InChI=1S/C26H34N2O5S/c1-8-18-17-20(32-25(30)28(5)6)11-14-22(18)23(27-24(29)33-26(2,3)4)15-16-31-19-9-12-21(34-7)13-10-19/h8-14,17,23H,1,15-16H2,2-7H3,(H,27,29)/t23-/m1/s1. The molecule has 0 unspecified atom stereocenters. The van der Waals surface area contributed by atoms with Crippen LogP contribution in [0.4, 0.5) is 9.59 Å². The summed E-state index contributed by atoms with van der Waals surface area (Å²) in [6, 6.07) is 12.7. The first kappa shape index (κ1) is 27.1. The Balaban J connectivity index is 2.22. The molecule has 0 aliphatic rings. The van der Waals surface area contributed by atoms with Crippen LogP contribution < -0.4 is 14.8 Å². The lowest BCUT2D eigenvalue weighted by Crippen LogP contribution is -2.35. The van der Waals surface area contributed by atoms with Crippen molar-refractivity contribution in [3.63, 3.8) is 0 Å². The quantitative estimate of drug-likeness (QED) is 0.429. The van der Waals surface area contributed by atoms with E-state index in [0.717, 1.165) is 21.8 Å². The van der Waals surface area contributed by atoms with E-state index in [9.17, 15) is 9.59 Å². The summed E-state index contributed by atoms with van der Waals surface area (Å²) in [5.41, 5.74) is 0.914. The van der Waals surface area contributed by atoms with Crippen LogP contribution >= 0.6 is 11.8 Å². The van der Waals surface area contributed by atoms with Gasteiger partial charge in [-0.25, -0.2) is 9.59 Å². The van der Waals surface area contributed by atoms with Crippen molar-refractivity contribution in [3.05, 3.63) is 60.2 Å². The maximum absolute atomic E-state index is 12.6. The van der Waals surface area contributed by atoms with Gasteiger partial charge in [0.1, 0.15) is 17.1 Å². The number of hydrogen-bond acceptors (Lipinski definition) is 6.